The van der Waals surface area contributed by atoms with Crippen LogP contribution in [0.25, 0.3) is 16.9 Å². The fourth-order valence-electron chi connectivity index (χ4n) is 2.43. The topological polar surface area (TPSA) is 62.5 Å². The number of aliphatic hydroxyl groups excluding tert-OH is 1. The van der Waals surface area contributed by atoms with Crippen molar-refractivity contribution in [3.8, 4) is 11.3 Å². The number of fused-ring (bicyclic) bond motifs is 1. The van der Waals surface area contributed by atoms with E-state index in [0.717, 1.165) is 48.5 Å². The highest BCUT2D eigenvalue weighted by molar-refractivity contribution is 5.66. The molecule has 1 aromatic carbocycles. The number of unbranched alkanes of at least 4 members (excludes halogenated alkanes) is 2. The average Bonchev–Trinajstić information content (AvgIpc) is 3.04. The fraction of sp³-hybridized carbons (Fsp3) is 0.294. The van der Waals surface area contributed by atoms with Crippen LogP contribution in [0.4, 0.5) is 5.82 Å². The molecule has 0 unspecified atom stereocenters. The van der Waals surface area contributed by atoms with Crippen LogP contribution in [0.1, 0.15) is 19.3 Å². The van der Waals surface area contributed by atoms with Crippen LogP contribution < -0.4 is 5.32 Å². The standard InChI is InChI=1S/C17H20N4O/c22-12-6-2-5-10-18-17-13-15(14-7-3-1-4-8-14)20-16-9-11-19-21(16)17/h1,3-4,7-9,11,13,18,22H,2,5-6,10,12H2. The van der Waals surface area contributed by atoms with Gasteiger partial charge in [-0.05, 0) is 19.3 Å². The number of benzene rings is 1. The first-order valence-corrected chi connectivity index (χ1v) is 7.63. The maximum Gasteiger partial charge on any atom is 0.157 e. The van der Waals surface area contributed by atoms with Crippen molar-refractivity contribution in [1.29, 1.82) is 0 Å². The van der Waals surface area contributed by atoms with Crippen LogP contribution in [0.15, 0.2) is 48.7 Å². The Morgan fingerprint density at radius 3 is 2.73 bits per heavy atom. The fourth-order valence-corrected chi connectivity index (χ4v) is 2.43. The summed E-state index contributed by atoms with van der Waals surface area (Å²) in [7, 11) is 0. The molecule has 5 heteroatoms. The zero-order valence-electron chi connectivity index (χ0n) is 12.4. The number of nitrogens with one attached hydrogen (secondary N) is 1. The van der Waals surface area contributed by atoms with E-state index in [0.29, 0.717) is 0 Å². The summed E-state index contributed by atoms with van der Waals surface area (Å²) in [5.41, 5.74) is 2.86. The molecule has 2 N–H and O–H groups in total. The normalized spacial score (nSPS) is 11.0. The van der Waals surface area contributed by atoms with Crippen LogP contribution in [-0.2, 0) is 0 Å². The van der Waals surface area contributed by atoms with Crippen molar-refractivity contribution >= 4 is 11.5 Å². The molecule has 0 atom stereocenters. The minimum absolute atomic E-state index is 0.261. The van der Waals surface area contributed by atoms with Crippen LogP contribution in [0.5, 0.6) is 0 Å². The molecule has 0 bridgehead atoms. The van der Waals surface area contributed by atoms with Crippen molar-refractivity contribution < 1.29 is 5.11 Å². The lowest BCUT2D eigenvalue weighted by atomic mass is 10.1. The Bertz CT molecular complexity index is 724. The smallest absolute Gasteiger partial charge is 0.157 e. The molecule has 0 saturated heterocycles. The summed E-state index contributed by atoms with van der Waals surface area (Å²) in [6.07, 6.45) is 4.65. The Balaban J connectivity index is 1.83. The van der Waals surface area contributed by atoms with Gasteiger partial charge < -0.3 is 10.4 Å². The van der Waals surface area contributed by atoms with Crippen LogP contribution in [0.3, 0.4) is 0 Å². The second-order valence-electron chi connectivity index (χ2n) is 5.20. The first kappa shape index (κ1) is 14.5. The molecule has 0 radical (unpaired) electrons. The summed E-state index contributed by atoms with van der Waals surface area (Å²) < 4.78 is 1.82. The summed E-state index contributed by atoms with van der Waals surface area (Å²) >= 11 is 0. The number of rotatable bonds is 7. The molecule has 0 spiro atoms. The van der Waals surface area contributed by atoms with Crippen molar-refractivity contribution in [3.05, 3.63) is 48.7 Å². The predicted molar refractivity (Wildman–Crippen MR) is 87.8 cm³/mol. The van der Waals surface area contributed by atoms with E-state index in [1.807, 2.05) is 34.8 Å². The predicted octanol–water partition coefficient (Wildman–Crippen LogP) is 2.97. The maximum absolute atomic E-state index is 8.82. The molecule has 0 aliphatic rings. The molecule has 0 aliphatic heterocycles. The van der Waals surface area contributed by atoms with Crippen molar-refractivity contribution in [3.63, 3.8) is 0 Å². The number of aliphatic hydroxyl groups is 1. The van der Waals surface area contributed by atoms with Gasteiger partial charge in [0.15, 0.2) is 5.65 Å². The van der Waals surface area contributed by atoms with Crippen molar-refractivity contribution in [2.45, 2.75) is 19.3 Å². The van der Waals surface area contributed by atoms with Crippen LogP contribution in [0, 0.1) is 0 Å². The largest absolute Gasteiger partial charge is 0.396 e. The third-order valence-corrected chi connectivity index (χ3v) is 3.57. The maximum atomic E-state index is 8.82. The lowest BCUT2D eigenvalue weighted by molar-refractivity contribution is 0.283. The summed E-state index contributed by atoms with van der Waals surface area (Å²) in [5, 5.41) is 16.6. The quantitative estimate of drug-likeness (QED) is 0.658. The Morgan fingerprint density at radius 1 is 1.05 bits per heavy atom. The van der Waals surface area contributed by atoms with Gasteiger partial charge in [0, 0.05) is 30.8 Å². The highest BCUT2D eigenvalue weighted by atomic mass is 16.2. The van der Waals surface area contributed by atoms with E-state index in [9.17, 15) is 0 Å². The van der Waals surface area contributed by atoms with Gasteiger partial charge in [-0.15, -0.1) is 0 Å². The molecule has 0 saturated carbocycles. The van der Waals surface area contributed by atoms with Gasteiger partial charge in [0.1, 0.15) is 5.82 Å². The van der Waals surface area contributed by atoms with Crippen LogP contribution >= 0.6 is 0 Å². The molecule has 2 heterocycles. The molecule has 5 nitrogen and oxygen atoms in total. The molecular formula is C17H20N4O. The van der Waals surface area contributed by atoms with E-state index in [4.69, 9.17) is 5.11 Å². The molecule has 0 amide bonds. The average molecular weight is 296 g/mol. The van der Waals surface area contributed by atoms with Crippen molar-refractivity contribution in [2.24, 2.45) is 0 Å². The Kier molecular flexibility index (Phi) is 4.65. The first-order chi connectivity index (χ1) is 10.9. The Morgan fingerprint density at radius 2 is 1.91 bits per heavy atom. The summed E-state index contributed by atoms with van der Waals surface area (Å²) in [5.74, 6) is 0.942. The van der Waals surface area contributed by atoms with Gasteiger partial charge in [-0.25, -0.2) is 4.98 Å². The van der Waals surface area contributed by atoms with Gasteiger partial charge in [0.25, 0.3) is 0 Å². The number of anilines is 1. The van der Waals surface area contributed by atoms with Gasteiger partial charge in [0.05, 0.1) is 11.9 Å². The molecule has 2 aromatic heterocycles. The minimum atomic E-state index is 0.261. The van der Waals surface area contributed by atoms with E-state index in [1.165, 1.54) is 0 Å². The molecule has 0 fully saturated rings. The number of hydrogen-bond acceptors (Lipinski definition) is 4. The number of nitrogens with zero attached hydrogens (tertiary/aromatic N) is 3. The molecule has 114 valence electrons. The Labute approximate surface area is 129 Å². The molecule has 22 heavy (non-hydrogen) atoms. The van der Waals surface area contributed by atoms with Gasteiger partial charge in [-0.1, -0.05) is 30.3 Å². The highest BCUT2D eigenvalue weighted by Crippen LogP contribution is 2.21. The SMILES string of the molecule is OCCCCCNc1cc(-c2ccccc2)nc2ccnn12. The summed E-state index contributed by atoms with van der Waals surface area (Å²) in [6, 6.07) is 14.1. The van der Waals surface area contributed by atoms with E-state index in [-0.39, 0.29) is 6.61 Å². The van der Waals surface area contributed by atoms with Crippen LogP contribution in [-0.4, -0.2) is 32.9 Å². The zero-order valence-corrected chi connectivity index (χ0v) is 12.4. The minimum Gasteiger partial charge on any atom is -0.396 e. The first-order valence-electron chi connectivity index (χ1n) is 7.63. The highest BCUT2D eigenvalue weighted by Gasteiger charge is 2.07. The van der Waals surface area contributed by atoms with Gasteiger partial charge >= 0.3 is 0 Å². The second kappa shape index (κ2) is 7.04. The number of hydrogen-bond donors (Lipinski definition) is 2. The zero-order chi connectivity index (χ0) is 15.2. The van der Waals surface area contributed by atoms with Gasteiger partial charge in [-0.3, -0.25) is 0 Å². The number of aromatic nitrogens is 3. The van der Waals surface area contributed by atoms with Crippen LogP contribution in [0.2, 0.25) is 0 Å². The summed E-state index contributed by atoms with van der Waals surface area (Å²) in [6.45, 7) is 1.12. The van der Waals surface area contributed by atoms with E-state index in [1.54, 1.807) is 6.20 Å². The Hall–Kier alpha value is -2.40. The lowest BCUT2D eigenvalue weighted by Crippen LogP contribution is -2.08. The van der Waals surface area contributed by atoms with Gasteiger partial charge in [-0.2, -0.15) is 9.61 Å². The third-order valence-electron chi connectivity index (χ3n) is 3.57. The van der Waals surface area contributed by atoms with E-state index >= 15 is 0 Å². The molecule has 3 rings (SSSR count). The van der Waals surface area contributed by atoms with E-state index < -0.39 is 0 Å². The van der Waals surface area contributed by atoms with Gasteiger partial charge in [0.2, 0.25) is 0 Å². The second-order valence-corrected chi connectivity index (χ2v) is 5.20. The van der Waals surface area contributed by atoms with E-state index in [2.05, 4.69) is 27.5 Å². The lowest BCUT2D eigenvalue weighted by Gasteiger charge is -2.10. The van der Waals surface area contributed by atoms with Crippen molar-refractivity contribution in [2.75, 3.05) is 18.5 Å². The third kappa shape index (κ3) is 3.26. The summed E-state index contributed by atoms with van der Waals surface area (Å²) in [4.78, 5) is 4.65. The molecule has 3 aromatic rings. The molecular weight excluding hydrogens is 276 g/mol. The van der Waals surface area contributed by atoms with Crippen molar-refractivity contribution in [1.82, 2.24) is 14.6 Å². The monoisotopic (exact) mass is 296 g/mol. The molecule has 0 aliphatic carbocycles.